The minimum atomic E-state index is 0.303. The Balaban J connectivity index is 1.40. The Labute approximate surface area is 140 Å². The monoisotopic (exact) mass is 324 g/mol. The minimum Gasteiger partial charge on any atom is -0.381 e. The highest BCUT2D eigenvalue weighted by Gasteiger charge is 2.28. The molecular formula is C17H32N4O2. The average Bonchev–Trinajstić information content (AvgIpc) is 2.63. The Morgan fingerprint density at radius 3 is 2.39 bits per heavy atom. The molecule has 3 aliphatic heterocycles. The molecule has 132 valence electrons. The molecule has 0 aromatic heterocycles. The molecule has 0 aromatic carbocycles. The Morgan fingerprint density at radius 1 is 1.09 bits per heavy atom. The topological polar surface area (TPSA) is 48.1 Å². The van der Waals surface area contributed by atoms with Gasteiger partial charge in [-0.1, -0.05) is 0 Å². The Bertz CT molecular complexity index is 373. The molecule has 3 fully saturated rings. The zero-order valence-electron chi connectivity index (χ0n) is 14.5. The molecule has 0 spiro atoms. The number of ether oxygens (including phenoxy) is 1. The second-order valence-electron chi connectivity index (χ2n) is 7.16. The molecule has 0 bridgehead atoms. The zero-order valence-corrected chi connectivity index (χ0v) is 14.5. The van der Waals surface area contributed by atoms with E-state index in [0.29, 0.717) is 24.5 Å². The highest BCUT2D eigenvalue weighted by atomic mass is 16.5. The number of amides is 1. The number of hydrogen-bond donors (Lipinski definition) is 1. The molecule has 0 unspecified atom stereocenters. The molecule has 1 amide bonds. The number of hydrogen-bond acceptors (Lipinski definition) is 5. The molecule has 0 saturated carbocycles. The van der Waals surface area contributed by atoms with Crippen molar-refractivity contribution in [3.63, 3.8) is 0 Å². The summed E-state index contributed by atoms with van der Waals surface area (Å²) in [6.45, 7) is 8.32. The van der Waals surface area contributed by atoms with E-state index >= 15 is 0 Å². The lowest BCUT2D eigenvalue weighted by Crippen LogP contribution is -2.55. The minimum absolute atomic E-state index is 0.303. The molecule has 6 nitrogen and oxygen atoms in total. The highest BCUT2D eigenvalue weighted by molar-refractivity contribution is 5.78. The van der Waals surface area contributed by atoms with Gasteiger partial charge in [-0.05, 0) is 45.8 Å². The van der Waals surface area contributed by atoms with E-state index in [1.54, 1.807) is 0 Å². The predicted molar refractivity (Wildman–Crippen MR) is 90.5 cm³/mol. The molecule has 0 aromatic rings. The van der Waals surface area contributed by atoms with Crippen LogP contribution in [-0.2, 0) is 9.53 Å². The van der Waals surface area contributed by atoms with Gasteiger partial charge in [-0.25, -0.2) is 0 Å². The van der Waals surface area contributed by atoms with Crippen molar-refractivity contribution < 1.29 is 9.53 Å². The fraction of sp³-hybridized carbons (Fsp3) is 0.941. The lowest BCUT2D eigenvalue weighted by molar-refractivity contribution is -0.135. The molecule has 0 atom stereocenters. The van der Waals surface area contributed by atoms with Gasteiger partial charge in [0.05, 0.1) is 6.54 Å². The van der Waals surface area contributed by atoms with Crippen LogP contribution in [0.4, 0.5) is 0 Å². The number of nitrogens with one attached hydrogen (secondary N) is 1. The van der Waals surface area contributed by atoms with E-state index in [-0.39, 0.29) is 0 Å². The van der Waals surface area contributed by atoms with Crippen LogP contribution in [0.3, 0.4) is 0 Å². The summed E-state index contributed by atoms with van der Waals surface area (Å²) in [4.78, 5) is 19.4. The van der Waals surface area contributed by atoms with Crippen molar-refractivity contribution in [1.82, 2.24) is 20.0 Å². The van der Waals surface area contributed by atoms with Gasteiger partial charge in [-0.2, -0.15) is 0 Å². The molecule has 3 saturated heterocycles. The molecule has 0 radical (unpaired) electrons. The standard InChI is InChI=1S/C17H32N4O2/c1-19(15-2-6-18-7-3-15)14-17(22)21-10-8-20(9-11-21)16-4-12-23-13-5-16/h15-16,18H,2-14H2,1H3. The van der Waals surface area contributed by atoms with Crippen molar-refractivity contribution >= 4 is 5.91 Å². The number of carbonyl (C=O) groups is 1. The van der Waals surface area contributed by atoms with Crippen LogP contribution >= 0.6 is 0 Å². The molecule has 0 aliphatic carbocycles. The van der Waals surface area contributed by atoms with Crippen LogP contribution in [0, 0.1) is 0 Å². The second-order valence-corrected chi connectivity index (χ2v) is 7.16. The smallest absolute Gasteiger partial charge is 0.236 e. The fourth-order valence-electron chi connectivity index (χ4n) is 4.08. The number of carbonyl (C=O) groups excluding carboxylic acids is 1. The second kappa shape index (κ2) is 8.42. The molecule has 23 heavy (non-hydrogen) atoms. The lowest BCUT2D eigenvalue weighted by Gasteiger charge is -2.41. The van der Waals surface area contributed by atoms with E-state index in [1.807, 2.05) is 0 Å². The van der Waals surface area contributed by atoms with Crippen LogP contribution in [0.25, 0.3) is 0 Å². The van der Waals surface area contributed by atoms with Gasteiger partial charge in [0.25, 0.3) is 0 Å². The molecular weight excluding hydrogens is 292 g/mol. The van der Waals surface area contributed by atoms with Crippen molar-refractivity contribution in [2.24, 2.45) is 0 Å². The average molecular weight is 324 g/mol. The number of piperidine rings is 1. The normalized spacial score (nSPS) is 25.9. The van der Waals surface area contributed by atoms with E-state index in [1.165, 1.54) is 0 Å². The Hall–Kier alpha value is -0.690. The van der Waals surface area contributed by atoms with Crippen molar-refractivity contribution in [2.45, 2.75) is 37.8 Å². The van der Waals surface area contributed by atoms with Crippen molar-refractivity contribution in [3.05, 3.63) is 0 Å². The van der Waals surface area contributed by atoms with E-state index < -0.39 is 0 Å². The molecule has 3 heterocycles. The quantitative estimate of drug-likeness (QED) is 0.788. The van der Waals surface area contributed by atoms with Gasteiger partial charge in [0.2, 0.25) is 5.91 Å². The summed E-state index contributed by atoms with van der Waals surface area (Å²) < 4.78 is 5.45. The maximum absolute atomic E-state index is 12.6. The predicted octanol–water partition coefficient (Wildman–Crippen LogP) is -0.00660. The number of rotatable bonds is 4. The van der Waals surface area contributed by atoms with Gasteiger partial charge in [-0.3, -0.25) is 14.6 Å². The number of nitrogens with zero attached hydrogens (tertiary/aromatic N) is 3. The summed E-state index contributed by atoms with van der Waals surface area (Å²) in [5.74, 6) is 0.303. The lowest BCUT2D eigenvalue weighted by atomic mass is 10.1. The van der Waals surface area contributed by atoms with E-state index in [2.05, 4.69) is 27.1 Å². The summed E-state index contributed by atoms with van der Waals surface area (Å²) >= 11 is 0. The SMILES string of the molecule is CN(CC(=O)N1CCN(C2CCOCC2)CC1)C1CCNCC1. The first-order valence-electron chi connectivity index (χ1n) is 9.24. The first-order chi connectivity index (χ1) is 11.2. The van der Waals surface area contributed by atoms with Crippen molar-refractivity contribution in [2.75, 3.05) is 66.1 Å². The Kier molecular flexibility index (Phi) is 6.28. The largest absolute Gasteiger partial charge is 0.381 e. The van der Waals surface area contributed by atoms with Crippen LogP contribution in [0.15, 0.2) is 0 Å². The van der Waals surface area contributed by atoms with Gasteiger partial charge in [0.1, 0.15) is 0 Å². The molecule has 3 rings (SSSR count). The van der Waals surface area contributed by atoms with Crippen LogP contribution in [-0.4, -0.2) is 98.8 Å². The van der Waals surface area contributed by atoms with Crippen LogP contribution < -0.4 is 5.32 Å². The summed E-state index contributed by atoms with van der Waals surface area (Å²) in [5.41, 5.74) is 0. The summed E-state index contributed by atoms with van der Waals surface area (Å²) in [5, 5.41) is 3.39. The fourth-order valence-corrected chi connectivity index (χ4v) is 4.08. The van der Waals surface area contributed by atoms with Gasteiger partial charge >= 0.3 is 0 Å². The first-order valence-corrected chi connectivity index (χ1v) is 9.24. The summed E-state index contributed by atoms with van der Waals surface area (Å²) in [6, 6.07) is 1.22. The summed E-state index contributed by atoms with van der Waals surface area (Å²) in [7, 11) is 2.10. The molecule has 6 heteroatoms. The van der Waals surface area contributed by atoms with Crippen LogP contribution in [0.2, 0.25) is 0 Å². The van der Waals surface area contributed by atoms with Gasteiger partial charge < -0.3 is 15.0 Å². The van der Waals surface area contributed by atoms with E-state index in [0.717, 1.165) is 78.2 Å². The summed E-state index contributed by atoms with van der Waals surface area (Å²) in [6.07, 6.45) is 4.60. The van der Waals surface area contributed by atoms with Crippen molar-refractivity contribution in [1.29, 1.82) is 0 Å². The first kappa shape index (κ1) is 17.1. The third-order valence-corrected chi connectivity index (χ3v) is 5.69. The molecule has 1 N–H and O–H groups in total. The van der Waals surface area contributed by atoms with Crippen LogP contribution in [0.5, 0.6) is 0 Å². The maximum Gasteiger partial charge on any atom is 0.236 e. The van der Waals surface area contributed by atoms with Gasteiger partial charge in [-0.15, -0.1) is 0 Å². The Morgan fingerprint density at radius 2 is 1.74 bits per heavy atom. The van der Waals surface area contributed by atoms with Crippen molar-refractivity contribution in [3.8, 4) is 0 Å². The van der Waals surface area contributed by atoms with Gasteiger partial charge in [0, 0.05) is 51.5 Å². The van der Waals surface area contributed by atoms with Gasteiger partial charge in [0.15, 0.2) is 0 Å². The molecule has 3 aliphatic rings. The third-order valence-electron chi connectivity index (χ3n) is 5.69. The highest BCUT2D eigenvalue weighted by Crippen LogP contribution is 2.17. The zero-order chi connectivity index (χ0) is 16.1. The maximum atomic E-state index is 12.6. The number of likely N-dealkylation sites (N-methyl/N-ethyl adjacent to an activating group) is 1. The third kappa shape index (κ3) is 4.66. The number of piperazine rings is 1. The van der Waals surface area contributed by atoms with E-state index in [9.17, 15) is 4.79 Å². The van der Waals surface area contributed by atoms with Crippen LogP contribution in [0.1, 0.15) is 25.7 Å². The van der Waals surface area contributed by atoms with E-state index in [4.69, 9.17) is 4.74 Å².